The SMILES string of the molecule is CCOC(=O)c1cccc(NC(C)CCc2ccco2)c1. The molecule has 0 radical (unpaired) electrons. The molecule has 0 aliphatic heterocycles. The summed E-state index contributed by atoms with van der Waals surface area (Å²) in [6, 6.07) is 11.6. The molecule has 4 nitrogen and oxygen atoms in total. The van der Waals surface area contributed by atoms with E-state index >= 15 is 0 Å². The highest BCUT2D eigenvalue weighted by molar-refractivity contribution is 5.90. The minimum absolute atomic E-state index is 0.285. The van der Waals surface area contributed by atoms with Crippen molar-refractivity contribution in [3.05, 3.63) is 54.0 Å². The topological polar surface area (TPSA) is 51.5 Å². The lowest BCUT2D eigenvalue weighted by Crippen LogP contribution is -2.16. The summed E-state index contributed by atoms with van der Waals surface area (Å²) in [6.07, 6.45) is 3.53. The van der Waals surface area contributed by atoms with Crippen molar-refractivity contribution in [3.63, 3.8) is 0 Å². The first-order valence-corrected chi connectivity index (χ1v) is 7.25. The van der Waals surface area contributed by atoms with E-state index in [1.165, 1.54) is 0 Å². The van der Waals surface area contributed by atoms with Gasteiger partial charge in [0.05, 0.1) is 18.4 Å². The maximum absolute atomic E-state index is 11.7. The minimum atomic E-state index is -0.288. The summed E-state index contributed by atoms with van der Waals surface area (Å²) in [4.78, 5) is 11.7. The van der Waals surface area contributed by atoms with E-state index in [0.717, 1.165) is 24.3 Å². The van der Waals surface area contributed by atoms with Crippen LogP contribution in [0.4, 0.5) is 5.69 Å². The summed E-state index contributed by atoms with van der Waals surface area (Å²) >= 11 is 0. The summed E-state index contributed by atoms with van der Waals surface area (Å²) in [5, 5.41) is 3.39. The van der Waals surface area contributed by atoms with Crippen LogP contribution in [0.25, 0.3) is 0 Å². The third-order valence-corrected chi connectivity index (χ3v) is 3.19. The molecule has 1 unspecified atom stereocenters. The Hall–Kier alpha value is -2.23. The first-order chi connectivity index (χ1) is 10.2. The summed E-state index contributed by atoms with van der Waals surface area (Å²) in [5.74, 6) is 0.702. The second kappa shape index (κ2) is 7.53. The Bertz CT molecular complexity index is 563. The molecule has 1 aromatic heterocycles. The second-order valence-corrected chi connectivity index (χ2v) is 4.96. The highest BCUT2D eigenvalue weighted by Gasteiger charge is 2.08. The number of benzene rings is 1. The average Bonchev–Trinajstić information content (AvgIpc) is 2.99. The van der Waals surface area contributed by atoms with Gasteiger partial charge in [-0.05, 0) is 50.6 Å². The molecule has 1 aromatic carbocycles. The predicted octanol–water partition coefficient (Wildman–Crippen LogP) is 3.89. The molecule has 1 atom stereocenters. The monoisotopic (exact) mass is 287 g/mol. The van der Waals surface area contributed by atoms with Crippen molar-refractivity contribution in [1.29, 1.82) is 0 Å². The van der Waals surface area contributed by atoms with E-state index in [4.69, 9.17) is 9.15 Å². The van der Waals surface area contributed by atoms with Crippen LogP contribution in [-0.2, 0) is 11.2 Å². The average molecular weight is 287 g/mol. The summed E-state index contributed by atoms with van der Waals surface area (Å²) in [5.41, 5.74) is 1.49. The quantitative estimate of drug-likeness (QED) is 0.785. The Kier molecular flexibility index (Phi) is 5.43. The van der Waals surface area contributed by atoms with Gasteiger partial charge in [-0.2, -0.15) is 0 Å². The predicted molar refractivity (Wildman–Crippen MR) is 82.5 cm³/mol. The van der Waals surface area contributed by atoms with E-state index in [2.05, 4.69) is 12.2 Å². The summed E-state index contributed by atoms with van der Waals surface area (Å²) in [6.45, 7) is 4.30. The van der Waals surface area contributed by atoms with Gasteiger partial charge in [0.1, 0.15) is 5.76 Å². The lowest BCUT2D eigenvalue weighted by Gasteiger charge is -2.15. The Morgan fingerprint density at radius 1 is 1.33 bits per heavy atom. The van der Waals surface area contributed by atoms with Gasteiger partial charge in [0.25, 0.3) is 0 Å². The molecule has 0 fully saturated rings. The smallest absolute Gasteiger partial charge is 0.338 e. The van der Waals surface area contributed by atoms with Gasteiger partial charge in [0, 0.05) is 18.2 Å². The standard InChI is InChI=1S/C17H21NO3/c1-3-20-17(19)14-6-4-7-15(12-14)18-13(2)9-10-16-8-5-11-21-16/h4-8,11-13,18H,3,9-10H2,1-2H3. The van der Waals surface area contributed by atoms with Crippen molar-refractivity contribution in [3.8, 4) is 0 Å². The molecule has 4 heteroatoms. The molecule has 0 aliphatic carbocycles. The number of hydrogen-bond donors (Lipinski definition) is 1. The number of aryl methyl sites for hydroxylation is 1. The fourth-order valence-corrected chi connectivity index (χ4v) is 2.12. The molecule has 1 N–H and O–H groups in total. The molecule has 0 saturated heterocycles. The van der Waals surface area contributed by atoms with Crippen LogP contribution in [0, 0.1) is 0 Å². The number of ether oxygens (including phenoxy) is 1. The highest BCUT2D eigenvalue weighted by Crippen LogP contribution is 2.15. The maximum Gasteiger partial charge on any atom is 0.338 e. The van der Waals surface area contributed by atoms with Crippen molar-refractivity contribution in [2.24, 2.45) is 0 Å². The zero-order valence-corrected chi connectivity index (χ0v) is 12.5. The Morgan fingerprint density at radius 2 is 2.19 bits per heavy atom. The van der Waals surface area contributed by atoms with Gasteiger partial charge < -0.3 is 14.5 Å². The van der Waals surface area contributed by atoms with Crippen LogP contribution in [0.1, 0.15) is 36.4 Å². The lowest BCUT2D eigenvalue weighted by molar-refractivity contribution is 0.0526. The molecule has 2 aromatic rings. The van der Waals surface area contributed by atoms with Gasteiger partial charge in [0.15, 0.2) is 0 Å². The Balaban J connectivity index is 1.89. The van der Waals surface area contributed by atoms with Crippen molar-refractivity contribution in [2.45, 2.75) is 32.7 Å². The molecular formula is C17H21NO3. The molecule has 1 heterocycles. The van der Waals surface area contributed by atoms with Gasteiger partial charge >= 0.3 is 5.97 Å². The first-order valence-electron chi connectivity index (χ1n) is 7.25. The molecule has 21 heavy (non-hydrogen) atoms. The number of nitrogens with one attached hydrogen (secondary N) is 1. The van der Waals surface area contributed by atoms with E-state index in [9.17, 15) is 4.79 Å². The number of furan rings is 1. The van der Waals surface area contributed by atoms with E-state index in [0.29, 0.717) is 12.2 Å². The summed E-state index contributed by atoms with van der Waals surface area (Å²) in [7, 11) is 0. The minimum Gasteiger partial charge on any atom is -0.469 e. The van der Waals surface area contributed by atoms with Gasteiger partial charge in [-0.3, -0.25) is 0 Å². The normalized spacial score (nSPS) is 11.9. The number of anilines is 1. The molecular weight excluding hydrogens is 266 g/mol. The zero-order valence-electron chi connectivity index (χ0n) is 12.5. The van der Waals surface area contributed by atoms with Gasteiger partial charge in [0.2, 0.25) is 0 Å². The third kappa shape index (κ3) is 4.67. The number of carbonyl (C=O) groups excluding carboxylic acids is 1. The van der Waals surface area contributed by atoms with Crippen LogP contribution >= 0.6 is 0 Å². The van der Waals surface area contributed by atoms with Gasteiger partial charge in [-0.15, -0.1) is 0 Å². The first kappa shape index (κ1) is 15.2. The van der Waals surface area contributed by atoms with Crippen LogP contribution in [0.2, 0.25) is 0 Å². The van der Waals surface area contributed by atoms with E-state index in [-0.39, 0.29) is 12.0 Å². The molecule has 0 aliphatic rings. The fraction of sp³-hybridized carbons (Fsp3) is 0.353. The molecule has 0 saturated carbocycles. The molecule has 0 bridgehead atoms. The van der Waals surface area contributed by atoms with Crippen LogP contribution in [0.3, 0.4) is 0 Å². The number of carbonyl (C=O) groups is 1. The Morgan fingerprint density at radius 3 is 2.90 bits per heavy atom. The molecule has 2 rings (SSSR count). The van der Waals surface area contributed by atoms with E-state index in [1.54, 1.807) is 19.3 Å². The number of hydrogen-bond acceptors (Lipinski definition) is 4. The number of esters is 1. The third-order valence-electron chi connectivity index (χ3n) is 3.19. The lowest BCUT2D eigenvalue weighted by atomic mass is 10.1. The van der Waals surface area contributed by atoms with Gasteiger partial charge in [-0.25, -0.2) is 4.79 Å². The van der Waals surface area contributed by atoms with Crippen molar-refractivity contribution >= 4 is 11.7 Å². The largest absolute Gasteiger partial charge is 0.469 e. The fourth-order valence-electron chi connectivity index (χ4n) is 2.12. The van der Waals surface area contributed by atoms with Crippen LogP contribution in [0.15, 0.2) is 47.1 Å². The maximum atomic E-state index is 11.7. The Labute approximate surface area is 125 Å². The van der Waals surface area contributed by atoms with Crippen molar-refractivity contribution in [1.82, 2.24) is 0 Å². The van der Waals surface area contributed by atoms with Crippen molar-refractivity contribution in [2.75, 3.05) is 11.9 Å². The molecule has 0 spiro atoms. The van der Waals surface area contributed by atoms with E-state index < -0.39 is 0 Å². The highest BCUT2D eigenvalue weighted by atomic mass is 16.5. The van der Waals surface area contributed by atoms with Gasteiger partial charge in [-0.1, -0.05) is 6.07 Å². The summed E-state index contributed by atoms with van der Waals surface area (Å²) < 4.78 is 10.3. The van der Waals surface area contributed by atoms with E-state index in [1.807, 2.05) is 30.3 Å². The van der Waals surface area contributed by atoms with Crippen LogP contribution in [-0.4, -0.2) is 18.6 Å². The van der Waals surface area contributed by atoms with Crippen molar-refractivity contribution < 1.29 is 13.9 Å². The van der Waals surface area contributed by atoms with Crippen LogP contribution in [0.5, 0.6) is 0 Å². The number of rotatable bonds is 7. The molecule has 0 amide bonds. The zero-order chi connectivity index (χ0) is 15.1. The van der Waals surface area contributed by atoms with Crippen LogP contribution < -0.4 is 5.32 Å². The second-order valence-electron chi connectivity index (χ2n) is 4.96. The molecule has 112 valence electrons.